The van der Waals surface area contributed by atoms with E-state index in [1.54, 1.807) is 24.3 Å². The van der Waals surface area contributed by atoms with Crippen molar-refractivity contribution in [2.75, 3.05) is 10.6 Å². The number of furan rings is 1. The number of hydrogen-bond acceptors (Lipinski definition) is 3. The summed E-state index contributed by atoms with van der Waals surface area (Å²) in [5.74, 6) is -0.942. The average molecular weight is 500 g/mol. The van der Waals surface area contributed by atoms with Gasteiger partial charge >= 0.3 is 6.18 Å². The molecule has 0 radical (unpaired) electrons. The molecule has 0 aliphatic carbocycles. The second-order valence-electron chi connectivity index (χ2n) is 5.67. The van der Waals surface area contributed by atoms with Crippen molar-refractivity contribution in [1.82, 2.24) is 0 Å². The Kier molecular flexibility index (Phi) is 5.73. The summed E-state index contributed by atoms with van der Waals surface area (Å²) in [5, 5.41) is 5.15. The molecule has 3 rings (SSSR count). The maximum Gasteiger partial charge on any atom is 0.416 e. The van der Waals surface area contributed by atoms with Crippen LogP contribution in [-0.2, 0) is 6.18 Å². The minimum atomic E-state index is -4.53. The maximum absolute atomic E-state index is 12.8. The summed E-state index contributed by atoms with van der Waals surface area (Å²) in [6.45, 7) is 0. The summed E-state index contributed by atoms with van der Waals surface area (Å²) in [6, 6.07) is 13.5. The molecule has 0 fully saturated rings. The molecular weight excluding hydrogens is 488 g/mol. The summed E-state index contributed by atoms with van der Waals surface area (Å²) >= 11 is 1.94. The molecule has 2 aromatic carbocycles. The number of benzene rings is 2. The molecule has 3 aromatic rings. The van der Waals surface area contributed by atoms with E-state index in [4.69, 9.17) is 4.42 Å². The van der Waals surface area contributed by atoms with Gasteiger partial charge in [-0.15, -0.1) is 0 Å². The van der Waals surface area contributed by atoms with Crippen molar-refractivity contribution in [2.24, 2.45) is 0 Å². The molecule has 0 unspecified atom stereocenters. The summed E-state index contributed by atoms with van der Waals surface area (Å²) in [7, 11) is 0. The van der Waals surface area contributed by atoms with Crippen LogP contribution in [0.2, 0.25) is 0 Å². The van der Waals surface area contributed by atoms with E-state index >= 15 is 0 Å². The van der Waals surface area contributed by atoms with Crippen LogP contribution in [0.1, 0.15) is 26.5 Å². The van der Waals surface area contributed by atoms with Crippen LogP contribution in [-0.4, -0.2) is 11.8 Å². The first kappa shape index (κ1) is 19.9. The number of amides is 2. The molecule has 2 N–H and O–H groups in total. The average Bonchev–Trinajstić information content (AvgIpc) is 3.09. The summed E-state index contributed by atoms with van der Waals surface area (Å²) < 4.78 is 44.1. The van der Waals surface area contributed by atoms with Crippen molar-refractivity contribution < 1.29 is 27.2 Å². The third-order valence-electron chi connectivity index (χ3n) is 3.65. The molecule has 0 saturated heterocycles. The number of hydrogen-bond donors (Lipinski definition) is 2. The van der Waals surface area contributed by atoms with Crippen molar-refractivity contribution in [3.05, 3.63) is 81.3 Å². The predicted molar refractivity (Wildman–Crippen MR) is 105 cm³/mol. The van der Waals surface area contributed by atoms with E-state index in [1.165, 1.54) is 24.3 Å². The fourth-order valence-electron chi connectivity index (χ4n) is 2.31. The Balaban J connectivity index is 1.65. The largest absolute Gasteiger partial charge is 0.445 e. The second kappa shape index (κ2) is 8.05. The smallest absolute Gasteiger partial charge is 0.416 e. The highest BCUT2D eigenvalue weighted by Crippen LogP contribution is 2.29. The van der Waals surface area contributed by atoms with Gasteiger partial charge in [0.1, 0.15) is 0 Å². The first-order valence-electron chi connectivity index (χ1n) is 7.88. The lowest BCUT2D eigenvalue weighted by Crippen LogP contribution is -2.14. The van der Waals surface area contributed by atoms with Crippen LogP contribution in [0.5, 0.6) is 0 Å². The zero-order chi connectivity index (χ0) is 20.3. The topological polar surface area (TPSA) is 71.3 Å². The third-order valence-corrected chi connectivity index (χ3v) is 4.23. The van der Waals surface area contributed by atoms with E-state index in [-0.39, 0.29) is 11.3 Å². The molecule has 28 heavy (non-hydrogen) atoms. The Bertz CT molecular complexity index is 1010. The fraction of sp³-hybridized carbons (Fsp3) is 0.0526. The van der Waals surface area contributed by atoms with Crippen LogP contribution in [0.25, 0.3) is 0 Å². The number of carbonyl (C=O) groups is 2. The minimum Gasteiger partial charge on any atom is -0.445 e. The number of rotatable bonds is 4. The van der Waals surface area contributed by atoms with Gasteiger partial charge in [0.25, 0.3) is 11.8 Å². The molecule has 144 valence electrons. The van der Waals surface area contributed by atoms with Crippen molar-refractivity contribution in [1.29, 1.82) is 0 Å². The second-order valence-corrected chi connectivity index (χ2v) is 6.73. The Morgan fingerprint density at radius 1 is 0.857 bits per heavy atom. The number of nitrogens with one attached hydrogen (secondary N) is 2. The molecule has 1 aromatic heterocycles. The molecule has 1 heterocycles. The van der Waals surface area contributed by atoms with Crippen molar-refractivity contribution in [2.45, 2.75) is 6.18 Å². The molecule has 0 saturated carbocycles. The van der Waals surface area contributed by atoms with Gasteiger partial charge in [-0.05, 0) is 77.2 Å². The van der Waals surface area contributed by atoms with Gasteiger partial charge in [-0.2, -0.15) is 13.2 Å². The lowest BCUT2D eigenvalue weighted by atomic mass is 10.1. The molecule has 0 bridgehead atoms. The molecule has 0 aliphatic heterocycles. The first-order valence-corrected chi connectivity index (χ1v) is 8.95. The van der Waals surface area contributed by atoms with Crippen molar-refractivity contribution in [3.63, 3.8) is 0 Å². The van der Waals surface area contributed by atoms with Crippen molar-refractivity contribution in [3.8, 4) is 0 Å². The van der Waals surface area contributed by atoms with Gasteiger partial charge in [-0.3, -0.25) is 9.59 Å². The lowest BCUT2D eigenvalue weighted by molar-refractivity contribution is -0.137. The predicted octanol–water partition coefficient (Wildman–Crippen LogP) is 5.41. The highest BCUT2D eigenvalue weighted by atomic mass is 127. The van der Waals surface area contributed by atoms with Crippen LogP contribution in [0, 0.1) is 3.77 Å². The fourth-order valence-corrected chi connectivity index (χ4v) is 2.72. The molecule has 0 aliphatic rings. The van der Waals surface area contributed by atoms with Gasteiger partial charge in [0.2, 0.25) is 0 Å². The van der Waals surface area contributed by atoms with Gasteiger partial charge < -0.3 is 15.1 Å². The molecule has 9 heteroatoms. The number of halogens is 4. The monoisotopic (exact) mass is 500 g/mol. The third kappa shape index (κ3) is 4.91. The van der Waals surface area contributed by atoms with Crippen LogP contribution < -0.4 is 10.6 Å². The lowest BCUT2D eigenvalue weighted by Gasteiger charge is -2.10. The van der Waals surface area contributed by atoms with Gasteiger partial charge in [-0.1, -0.05) is 6.07 Å². The minimum absolute atomic E-state index is 0.111. The quantitative estimate of drug-likeness (QED) is 0.471. The summed E-state index contributed by atoms with van der Waals surface area (Å²) in [5.41, 5.74) is -0.174. The van der Waals surface area contributed by atoms with E-state index < -0.39 is 23.6 Å². The van der Waals surface area contributed by atoms with Gasteiger partial charge in [-0.25, -0.2) is 0 Å². The van der Waals surface area contributed by atoms with Crippen LogP contribution in [0.15, 0.2) is 65.1 Å². The SMILES string of the molecule is O=C(Nc1ccc(NC(=O)c2ccc(I)o2)cc1)c1cccc(C(F)(F)F)c1. The Hall–Kier alpha value is -2.82. The van der Waals surface area contributed by atoms with E-state index in [9.17, 15) is 22.8 Å². The Morgan fingerprint density at radius 3 is 2.00 bits per heavy atom. The van der Waals surface area contributed by atoms with Gasteiger partial charge in [0.05, 0.1) is 5.56 Å². The number of alkyl halides is 3. The molecule has 5 nitrogen and oxygen atoms in total. The zero-order valence-electron chi connectivity index (χ0n) is 14.0. The first-order chi connectivity index (χ1) is 13.2. The maximum atomic E-state index is 12.8. The zero-order valence-corrected chi connectivity index (χ0v) is 16.2. The van der Waals surface area contributed by atoms with Crippen molar-refractivity contribution >= 4 is 45.8 Å². The van der Waals surface area contributed by atoms with Crippen LogP contribution in [0.3, 0.4) is 0 Å². The van der Waals surface area contributed by atoms with E-state index in [0.29, 0.717) is 15.1 Å². The Morgan fingerprint density at radius 2 is 1.46 bits per heavy atom. The van der Waals surface area contributed by atoms with E-state index in [0.717, 1.165) is 12.1 Å². The normalized spacial score (nSPS) is 11.1. The van der Waals surface area contributed by atoms with Crippen LogP contribution in [0.4, 0.5) is 24.5 Å². The van der Waals surface area contributed by atoms with E-state index in [1.807, 2.05) is 22.6 Å². The molecule has 2 amide bonds. The van der Waals surface area contributed by atoms with Gasteiger partial charge in [0, 0.05) is 16.9 Å². The highest BCUT2D eigenvalue weighted by molar-refractivity contribution is 14.1. The van der Waals surface area contributed by atoms with Crippen LogP contribution >= 0.6 is 22.6 Å². The number of anilines is 2. The molecule has 0 atom stereocenters. The standard InChI is InChI=1S/C19H12F3IN2O3/c20-19(21,22)12-3-1-2-11(10-12)17(26)24-13-4-6-14(7-5-13)25-18(27)15-8-9-16(23)28-15/h1-10H,(H,24,26)(H,25,27). The Labute approximate surface area is 171 Å². The summed E-state index contributed by atoms with van der Waals surface area (Å²) in [6.07, 6.45) is -4.53. The molecular formula is C19H12F3IN2O3. The summed E-state index contributed by atoms with van der Waals surface area (Å²) in [4.78, 5) is 24.2. The van der Waals surface area contributed by atoms with Gasteiger partial charge in [0.15, 0.2) is 9.53 Å². The number of carbonyl (C=O) groups excluding carboxylic acids is 2. The van der Waals surface area contributed by atoms with E-state index in [2.05, 4.69) is 10.6 Å². The highest BCUT2D eigenvalue weighted by Gasteiger charge is 2.30. The molecule has 0 spiro atoms.